The molecule has 1 aliphatic heterocycles. The maximum absolute atomic E-state index is 13.0. The van der Waals surface area contributed by atoms with Crippen molar-refractivity contribution in [3.8, 4) is 0 Å². The van der Waals surface area contributed by atoms with Gasteiger partial charge in [0.2, 0.25) is 0 Å². The fourth-order valence-corrected chi connectivity index (χ4v) is 3.79. The zero-order chi connectivity index (χ0) is 19.8. The maximum Gasteiger partial charge on any atom is 0.317 e. The predicted molar refractivity (Wildman–Crippen MR) is 110 cm³/mol. The van der Waals surface area contributed by atoms with Crippen molar-refractivity contribution < 1.29 is 14.6 Å². The van der Waals surface area contributed by atoms with Gasteiger partial charge in [0.05, 0.1) is 12.6 Å². The largest absolute Gasteiger partial charge is 0.396 e. The molecule has 2 aromatic carbocycles. The first-order valence-corrected chi connectivity index (χ1v) is 9.91. The Labute approximate surface area is 167 Å². The van der Waals surface area contributed by atoms with Crippen LogP contribution < -0.4 is 5.32 Å². The first-order valence-electron chi connectivity index (χ1n) is 9.91. The molecule has 0 aromatic heterocycles. The highest BCUT2D eigenvalue weighted by Gasteiger charge is 2.34. The van der Waals surface area contributed by atoms with E-state index in [0.717, 1.165) is 24.8 Å². The highest BCUT2D eigenvalue weighted by atomic mass is 16.5. The summed E-state index contributed by atoms with van der Waals surface area (Å²) in [6.07, 6.45) is 2.27. The van der Waals surface area contributed by atoms with Gasteiger partial charge in [-0.2, -0.15) is 0 Å². The molecule has 2 N–H and O–H groups in total. The van der Waals surface area contributed by atoms with E-state index in [-0.39, 0.29) is 24.1 Å². The summed E-state index contributed by atoms with van der Waals surface area (Å²) in [4.78, 5) is 14.6. The number of aliphatic hydroxyl groups is 1. The summed E-state index contributed by atoms with van der Waals surface area (Å²) < 4.78 is 5.43. The monoisotopic (exact) mass is 382 g/mol. The van der Waals surface area contributed by atoms with Crippen molar-refractivity contribution in [2.45, 2.75) is 25.3 Å². The molecule has 1 fully saturated rings. The molecule has 2 amide bonds. The molecule has 0 bridgehead atoms. The van der Waals surface area contributed by atoms with E-state index in [1.807, 2.05) is 48.5 Å². The van der Waals surface area contributed by atoms with Crippen molar-refractivity contribution in [2.24, 2.45) is 5.41 Å². The molecule has 0 aliphatic carbocycles. The second-order valence-corrected chi connectivity index (χ2v) is 7.73. The quantitative estimate of drug-likeness (QED) is 0.772. The maximum atomic E-state index is 13.0. The van der Waals surface area contributed by atoms with Crippen molar-refractivity contribution >= 4 is 6.03 Å². The predicted octanol–water partition coefficient (Wildman–Crippen LogP) is 3.40. The van der Waals surface area contributed by atoms with Crippen LogP contribution in [0.5, 0.6) is 0 Å². The van der Waals surface area contributed by atoms with Gasteiger partial charge in [0, 0.05) is 32.2 Å². The van der Waals surface area contributed by atoms with Crippen molar-refractivity contribution in [1.82, 2.24) is 10.2 Å². The van der Waals surface area contributed by atoms with Crippen LogP contribution in [-0.2, 0) is 11.2 Å². The Kier molecular flexibility index (Phi) is 7.06. The van der Waals surface area contributed by atoms with Gasteiger partial charge in [-0.15, -0.1) is 0 Å². The van der Waals surface area contributed by atoms with E-state index in [2.05, 4.69) is 17.4 Å². The highest BCUT2D eigenvalue weighted by Crippen LogP contribution is 2.31. The molecular weight excluding hydrogens is 352 g/mol. The minimum absolute atomic E-state index is 0.0696. The van der Waals surface area contributed by atoms with Crippen molar-refractivity contribution in [1.29, 1.82) is 0 Å². The Morgan fingerprint density at radius 3 is 2.32 bits per heavy atom. The molecule has 150 valence electrons. The van der Waals surface area contributed by atoms with Gasteiger partial charge >= 0.3 is 6.03 Å². The molecule has 1 saturated heterocycles. The third-order valence-corrected chi connectivity index (χ3v) is 5.59. The Morgan fingerprint density at radius 1 is 1.11 bits per heavy atom. The third kappa shape index (κ3) is 5.33. The number of aliphatic hydroxyl groups excluding tert-OH is 1. The molecule has 1 heterocycles. The number of nitrogens with zero attached hydrogens (tertiary/aromatic N) is 1. The molecule has 0 saturated carbocycles. The first kappa shape index (κ1) is 20.4. The van der Waals surface area contributed by atoms with Crippen molar-refractivity contribution in [3.05, 3.63) is 71.8 Å². The summed E-state index contributed by atoms with van der Waals surface area (Å²) in [6, 6.07) is 20.0. The van der Waals surface area contributed by atoms with Crippen LogP contribution in [0.15, 0.2) is 60.7 Å². The van der Waals surface area contributed by atoms with Gasteiger partial charge in [-0.05, 0) is 30.4 Å². The average Bonchev–Trinajstić information content (AvgIpc) is 2.75. The topological polar surface area (TPSA) is 61.8 Å². The standard InChI is InChI=1S/C23H30N2O3/c1-25(17-23(18-26)12-14-28-15-13-23)22(27)24-21(20-10-6-3-7-11-20)16-19-8-4-2-5-9-19/h2-11,21,26H,12-18H2,1H3,(H,24,27). The van der Waals surface area contributed by atoms with Gasteiger partial charge in [0.1, 0.15) is 0 Å². The first-order chi connectivity index (χ1) is 13.6. The Bertz CT molecular complexity index is 730. The molecule has 28 heavy (non-hydrogen) atoms. The molecule has 0 spiro atoms. The summed E-state index contributed by atoms with van der Waals surface area (Å²) >= 11 is 0. The number of urea groups is 1. The van der Waals surface area contributed by atoms with Gasteiger partial charge < -0.3 is 20.1 Å². The Hall–Kier alpha value is -2.37. The number of benzene rings is 2. The van der Waals surface area contributed by atoms with Crippen molar-refractivity contribution in [2.75, 3.05) is 33.4 Å². The fraction of sp³-hybridized carbons (Fsp3) is 0.435. The summed E-state index contributed by atoms with van der Waals surface area (Å²) in [6.45, 7) is 1.86. The van der Waals surface area contributed by atoms with Crippen molar-refractivity contribution in [3.63, 3.8) is 0 Å². The molecule has 3 rings (SSSR count). The Morgan fingerprint density at radius 2 is 1.71 bits per heavy atom. The normalized spacial score (nSPS) is 16.9. The molecule has 2 aromatic rings. The SMILES string of the molecule is CN(CC1(CO)CCOCC1)C(=O)NC(Cc1ccccc1)c1ccccc1. The summed E-state index contributed by atoms with van der Waals surface area (Å²) in [7, 11) is 1.80. The van der Waals surface area contributed by atoms with Gasteiger partial charge in [0.25, 0.3) is 0 Å². The molecular formula is C23H30N2O3. The zero-order valence-corrected chi connectivity index (χ0v) is 16.5. The lowest BCUT2D eigenvalue weighted by Gasteiger charge is -2.38. The van der Waals surface area contributed by atoms with Gasteiger partial charge in [-0.25, -0.2) is 4.79 Å². The van der Waals surface area contributed by atoms with E-state index in [0.29, 0.717) is 19.8 Å². The lowest BCUT2D eigenvalue weighted by Crippen LogP contribution is -2.48. The van der Waals surface area contributed by atoms with E-state index >= 15 is 0 Å². The smallest absolute Gasteiger partial charge is 0.317 e. The number of carbonyl (C=O) groups excluding carboxylic acids is 1. The van der Waals surface area contributed by atoms with Gasteiger partial charge in [-0.3, -0.25) is 0 Å². The van der Waals surface area contributed by atoms with Gasteiger partial charge in [-0.1, -0.05) is 60.7 Å². The van der Waals surface area contributed by atoms with E-state index < -0.39 is 0 Å². The van der Waals surface area contributed by atoms with E-state index in [1.165, 1.54) is 5.56 Å². The lowest BCUT2D eigenvalue weighted by atomic mass is 9.80. The van der Waals surface area contributed by atoms with E-state index in [1.54, 1.807) is 11.9 Å². The van der Waals surface area contributed by atoms with Crippen LogP contribution in [0.2, 0.25) is 0 Å². The van der Waals surface area contributed by atoms with E-state index in [4.69, 9.17) is 4.74 Å². The molecule has 0 radical (unpaired) electrons. The van der Waals surface area contributed by atoms with Crippen LogP contribution in [0.25, 0.3) is 0 Å². The number of carbonyl (C=O) groups is 1. The fourth-order valence-electron chi connectivity index (χ4n) is 3.79. The second-order valence-electron chi connectivity index (χ2n) is 7.73. The van der Waals surface area contributed by atoms with Crippen LogP contribution in [0.4, 0.5) is 4.79 Å². The highest BCUT2D eigenvalue weighted by molar-refractivity contribution is 5.74. The number of hydrogen-bond acceptors (Lipinski definition) is 3. The number of ether oxygens (including phenoxy) is 1. The molecule has 5 heteroatoms. The van der Waals surface area contributed by atoms with Crippen LogP contribution >= 0.6 is 0 Å². The lowest BCUT2D eigenvalue weighted by molar-refractivity contribution is -0.0262. The molecule has 1 unspecified atom stereocenters. The molecule has 5 nitrogen and oxygen atoms in total. The minimum Gasteiger partial charge on any atom is -0.396 e. The summed E-state index contributed by atoms with van der Waals surface area (Å²) in [5.41, 5.74) is 1.98. The number of hydrogen-bond donors (Lipinski definition) is 2. The van der Waals surface area contributed by atoms with Crippen LogP contribution in [0.3, 0.4) is 0 Å². The van der Waals surface area contributed by atoms with Gasteiger partial charge in [0.15, 0.2) is 0 Å². The zero-order valence-electron chi connectivity index (χ0n) is 16.5. The Balaban J connectivity index is 1.69. The number of amides is 2. The summed E-state index contributed by atoms with van der Waals surface area (Å²) in [5.74, 6) is 0. The van der Waals surface area contributed by atoms with Crippen LogP contribution in [-0.4, -0.2) is 49.5 Å². The van der Waals surface area contributed by atoms with E-state index in [9.17, 15) is 9.90 Å². The number of nitrogens with one attached hydrogen (secondary N) is 1. The molecule has 1 aliphatic rings. The van der Waals surface area contributed by atoms with Crippen LogP contribution in [0, 0.1) is 5.41 Å². The average molecular weight is 383 g/mol. The second kappa shape index (κ2) is 9.71. The van der Waals surface area contributed by atoms with Crippen LogP contribution in [0.1, 0.15) is 30.0 Å². The third-order valence-electron chi connectivity index (χ3n) is 5.59. The molecule has 1 atom stereocenters. The minimum atomic E-state index is -0.272. The number of rotatable bonds is 7. The summed E-state index contributed by atoms with van der Waals surface area (Å²) in [5, 5.41) is 13.1.